The Morgan fingerprint density at radius 3 is 2.41 bits per heavy atom. The van der Waals surface area contributed by atoms with Gasteiger partial charge in [0, 0.05) is 6.92 Å². The topological polar surface area (TPSA) is 57.0 Å². The molecule has 1 heterocycles. The van der Waals surface area contributed by atoms with Gasteiger partial charge in [-0.1, -0.05) is 5.21 Å². The lowest BCUT2D eigenvalue weighted by Crippen LogP contribution is -2.01. The molecule has 0 atom stereocenters. The van der Waals surface area contributed by atoms with Crippen LogP contribution in [0.4, 0.5) is 0 Å². The molecule has 0 unspecified atom stereocenters. The molecule has 0 fully saturated rings. The molecule has 0 aliphatic carbocycles. The average Bonchev–Trinajstić information content (AvgIpc) is 2.71. The molecule has 1 aromatic heterocycles. The Balaban J connectivity index is 2.42. The highest BCUT2D eigenvalue weighted by Gasteiger charge is 2.13. The smallest absolute Gasteiger partial charge is 0.181 e. The summed E-state index contributed by atoms with van der Waals surface area (Å²) >= 11 is 0. The van der Waals surface area contributed by atoms with E-state index in [0.717, 1.165) is 17.1 Å². The largest absolute Gasteiger partial charge is 0.497 e. The first kappa shape index (κ1) is 11.3. The number of nitrogens with zero attached hydrogens (tertiary/aromatic N) is 3. The summed E-state index contributed by atoms with van der Waals surface area (Å²) in [5.74, 6) is 0.695. The van der Waals surface area contributed by atoms with Crippen molar-refractivity contribution in [3.05, 3.63) is 35.7 Å². The number of rotatable bonds is 3. The van der Waals surface area contributed by atoms with Gasteiger partial charge in [0.25, 0.3) is 0 Å². The number of methoxy groups -OCH3 is 1. The quantitative estimate of drug-likeness (QED) is 0.755. The van der Waals surface area contributed by atoms with Crippen LogP contribution in [-0.2, 0) is 0 Å². The third-order valence-corrected chi connectivity index (χ3v) is 2.55. The molecule has 5 heteroatoms. The predicted octanol–water partition coefficient (Wildman–Crippen LogP) is 1.79. The molecule has 2 aromatic rings. The number of carbonyl (C=O) groups is 1. The molecule has 2 rings (SSSR count). The Morgan fingerprint density at radius 2 is 1.94 bits per heavy atom. The van der Waals surface area contributed by atoms with Crippen LogP contribution in [0.1, 0.15) is 23.1 Å². The number of ketones is 1. The molecule has 0 saturated heterocycles. The van der Waals surface area contributed by atoms with Gasteiger partial charge in [0.1, 0.15) is 5.75 Å². The van der Waals surface area contributed by atoms with Gasteiger partial charge in [0.05, 0.1) is 18.5 Å². The van der Waals surface area contributed by atoms with E-state index in [0.29, 0.717) is 5.69 Å². The summed E-state index contributed by atoms with van der Waals surface area (Å²) in [6.07, 6.45) is 0. The third-order valence-electron chi connectivity index (χ3n) is 2.55. The number of hydrogen-bond acceptors (Lipinski definition) is 4. The lowest BCUT2D eigenvalue weighted by molar-refractivity contribution is 0.101. The third kappa shape index (κ3) is 2.04. The van der Waals surface area contributed by atoms with Crippen LogP contribution >= 0.6 is 0 Å². The van der Waals surface area contributed by atoms with Gasteiger partial charge in [-0.15, -0.1) is 5.10 Å². The standard InChI is InChI=1S/C12H13N3O2/c1-8-12(9(2)16)13-14-15(8)10-4-6-11(17-3)7-5-10/h4-7H,1-3H3. The van der Waals surface area contributed by atoms with Crippen molar-refractivity contribution in [2.24, 2.45) is 0 Å². The van der Waals surface area contributed by atoms with Crippen molar-refractivity contribution in [3.63, 3.8) is 0 Å². The Labute approximate surface area is 99.0 Å². The SMILES string of the molecule is COc1ccc(-n2nnc(C(C)=O)c2C)cc1. The molecule has 5 nitrogen and oxygen atoms in total. The Morgan fingerprint density at radius 1 is 1.29 bits per heavy atom. The van der Waals surface area contributed by atoms with Gasteiger partial charge < -0.3 is 4.74 Å². The van der Waals surface area contributed by atoms with E-state index in [2.05, 4.69) is 10.3 Å². The fourth-order valence-corrected chi connectivity index (χ4v) is 1.62. The van der Waals surface area contributed by atoms with Crippen LogP contribution in [0.15, 0.2) is 24.3 Å². The fourth-order valence-electron chi connectivity index (χ4n) is 1.62. The van der Waals surface area contributed by atoms with E-state index >= 15 is 0 Å². The molecule has 88 valence electrons. The summed E-state index contributed by atoms with van der Waals surface area (Å²) in [5, 5.41) is 7.83. The molecule has 17 heavy (non-hydrogen) atoms. The lowest BCUT2D eigenvalue weighted by atomic mass is 10.2. The van der Waals surface area contributed by atoms with Gasteiger partial charge in [-0.05, 0) is 31.2 Å². The Bertz CT molecular complexity index is 543. The van der Waals surface area contributed by atoms with Crippen LogP contribution in [0, 0.1) is 6.92 Å². The first-order valence-electron chi connectivity index (χ1n) is 5.21. The van der Waals surface area contributed by atoms with Gasteiger partial charge in [0.2, 0.25) is 0 Å². The first-order valence-corrected chi connectivity index (χ1v) is 5.21. The molecule has 0 amide bonds. The minimum Gasteiger partial charge on any atom is -0.497 e. The van der Waals surface area contributed by atoms with Crippen LogP contribution in [0.25, 0.3) is 5.69 Å². The van der Waals surface area contributed by atoms with Gasteiger partial charge in [-0.2, -0.15) is 0 Å². The van der Waals surface area contributed by atoms with Crippen molar-refractivity contribution in [3.8, 4) is 11.4 Å². The second-order valence-corrected chi connectivity index (χ2v) is 3.69. The number of carbonyl (C=O) groups excluding carboxylic acids is 1. The maximum Gasteiger partial charge on any atom is 0.181 e. The monoisotopic (exact) mass is 231 g/mol. The molecule has 1 aromatic carbocycles. The summed E-state index contributed by atoms with van der Waals surface area (Å²) in [6.45, 7) is 3.30. The van der Waals surface area contributed by atoms with Crippen molar-refractivity contribution in [2.45, 2.75) is 13.8 Å². The summed E-state index contributed by atoms with van der Waals surface area (Å²) in [7, 11) is 1.61. The lowest BCUT2D eigenvalue weighted by Gasteiger charge is -2.04. The van der Waals surface area contributed by atoms with E-state index in [9.17, 15) is 4.79 Å². The van der Waals surface area contributed by atoms with Crippen LogP contribution < -0.4 is 4.74 Å². The highest BCUT2D eigenvalue weighted by atomic mass is 16.5. The zero-order valence-corrected chi connectivity index (χ0v) is 9.97. The van der Waals surface area contributed by atoms with E-state index < -0.39 is 0 Å². The van der Waals surface area contributed by atoms with E-state index in [-0.39, 0.29) is 5.78 Å². The van der Waals surface area contributed by atoms with Crippen molar-refractivity contribution in [1.29, 1.82) is 0 Å². The maximum absolute atomic E-state index is 11.3. The number of aromatic nitrogens is 3. The molecule has 0 spiro atoms. The van der Waals surface area contributed by atoms with Crippen LogP contribution in [0.2, 0.25) is 0 Å². The zero-order valence-electron chi connectivity index (χ0n) is 9.97. The van der Waals surface area contributed by atoms with Gasteiger partial charge in [0.15, 0.2) is 11.5 Å². The van der Waals surface area contributed by atoms with Crippen molar-refractivity contribution < 1.29 is 9.53 Å². The van der Waals surface area contributed by atoms with Gasteiger partial charge >= 0.3 is 0 Å². The summed E-state index contributed by atoms with van der Waals surface area (Å²) in [4.78, 5) is 11.3. The maximum atomic E-state index is 11.3. The molecule has 0 N–H and O–H groups in total. The Kier molecular flexibility index (Phi) is 2.91. The minimum absolute atomic E-state index is 0.0812. The molecule has 0 radical (unpaired) electrons. The second kappa shape index (κ2) is 4.37. The van der Waals surface area contributed by atoms with Gasteiger partial charge in [-0.3, -0.25) is 4.79 Å². The normalized spacial score (nSPS) is 10.3. The van der Waals surface area contributed by atoms with Crippen LogP contribution in [0.3, 0.4) is 0 Å². The second-order valence-electron chi connectivity index (χ2n) is 3.69. The van der Waals surface area contributed by atoms with Gasteiger partial charge in [-0.25, -0.2) is 4.68 Å². The van der Waals surface area contributed by atoms with Crippen LogP contribution in [-0.4, -0.2) is 27.9 Å². The predicted molar refractivity (Wildman–Crippen MR) is 62.7 cm³/mol. The number of hydrogen-bond donors (Lipinski definition) is 0. The number of ether oxygens (including phenoxy) is 1. The van der Waals surface area contributed by atoms with E-state index in [1.54, 1.807) is 11.8 Å². The molecular weight excluding hydrogens is 218 g/mol. The molecule has 0 saturated carbocycles. The van der Waals surface area contributed by atoms with E-state index in [1.165, 1.54) is 6.92 Å². The zero-order chi connectivity index (χ0) is 12.4. The molecular formula is C12H13N3O2. The first-order chi connectivity index (χ1) is 8.13. The van der Waals surface area contributed by atoms with Crippen LogP contribution in [0.5, 0.6) is 5.75 Å². The summed E-state index contributed by atoms with van der Waals surface area (Å²) < 4.78 is 6.71. The molecule has 0 aliphatic heterocycles. The van der Waals surface area contributed by atoms with E-state index in [4.69, 9.17) is 4.74 Å². The summed E-state index contributed by atoms with van der Waals surface area (Å²) in [5.41, 5.74) is 1.99. The number of Topliss-reactive ketones (excluding diaryl/α,β-unsaturated/α-hetero) is 1. The van der Waals surface area contributed by atoms with Crippen molar-refractivity contribution >= 4 is 5.78 Å². The number of benzene rings is 1. The highest BCUT2D eigenvalue weighted by Crippen LogP contribution is 2.16. The fraction of sp³-hybridized carbons (Fsp3) is 0.250. The highest BCUT2D eigenvalue weighted by molar-refractivity contribution is 5.93. The summed E-state index contributed by atoms with van der Waals surface area (Å²) in [6, 6.07) is 7.41. The van der Waals surface area contributed by atoms with E-state index in [1.807, 2.05) is 31.2 Å². The Hall–Kier alpha value is -2.17. The van der Waals surface area contributed by atoms with Crippen molar-refractivity contribution in [1.82, 2.24) is 15.0 Å². The minimum atomic E-state index is -0.0812. The molecule has 0 aliphatic rings. The average molecular weight is 231 g/mol. The molecule has 0 bridgehead atoms. The van der Waals surface area contributed by atoms with Crippen molar-refractivity contribution in [2.75, 3.05) is 7.11 Å².